The molecule has 0 aromatic heterocycles. The first kappa shape index (κ1) is 10.9. The van der Waals surface area contributed by atoms with E-state index in [2.05, 4.69) is 18.7 Å². The van der Waals surface area contributed by atoms with Crippen LogP contribution in [-0.4, -0.2) is 47.3 Å². The summed E-state index contributed by atoms with van der Waals surface area (Å²) in [5.74, 6) is -0.791. The first-order chi connectivity index (χ1) is 7.08. The zero-order chi connectivity index (χ0) is 11.0. The van der Waals surface area contributed by atoms with Crippen molar-refractivity contribution in [3.05, 3.63) is 0 Å². The average molecular weight is 213 g/mol. The van der Waals surface area contributed by atoms with E-state index >= 15 is 0 Å². The zero-order valence-corrected chi connectivity index (χ0v) is 9.35. The fourth-order valence-corrected chi connectivity index (χ4v) is 2.70. The van der Waals surface area contributed by atoms with Crippen molar-refractivity contribution < 1.29 is 14.6 Å². The summed E-state index contributed by atoms with van der Waals surface area (Å²) in [5.41, 5.74) is 0. The van der Waals surface area contributed by atoms with Crippen LogP contribution in [0.15, 0.2) is 0 Å². The number of nitrogens with zero attached hydrogens (tertiary/aromatic N) is 1. The molecule has 1 aliphatic heterocycles. The number of carbonyl (C=O) groups is 1. The summed E-state index contributed by atoms with van der Waals surface area (Å²) >= 11 is 0. The number of carboxylic acid groups (broad SMARTS) is 1. The molecular weight excluding hydrogens is 194 g/mol. The summed E-state index contributed by atoms with van der Waals surface area (Å²) in [7, 11) is 0. The maximum Gasteiger partial charge on any atom is 0.308 e. The van der Waals surface area contributed by atoms with Crippen LogP contribution >= 0.6 is 0 Å². The van der Waals surface area contributed by atoms with Crippen LogP contribution in [-0.2, 0) is 9.53 Å². The number of hydrogen-bond donors (Lipinski definition) is 1. The molecule has 0 amide bonds. The molecule has 15 heavy (non-hydrogen) atoms. The third-order valence-electron chi connectivity index (χ3n) is 3.47. The van der Waals surface area contributed by atoms with Gasteiger partial charge < -0.3 is 9.84 Å². The van der Waals surface area contributed by atoms with Crippen molar-refractivity contribution in [1.82, 2.24) is 4.90 Å². The van der Waals surface area contributed by atoms with Crippen molar-refractivity contribution in [2.24, 2.45) is 5.92 Å². The molecule has 0 radical (unpaired) electrons. The lowest BCUT2D eigenvalue weighted by atomic mass is 9.78. The van der Waals surface area contributed by atoms with E-state index in [-0.39, 0.29) is 24.2 Å². The number of rotatable bonds is 2. The number of morpholine rings is 1. The Bertz CT molecular complexity index is 246. The molecule has 0 aromatic carbocycles. The molecule has 1 N–H and O–H groups in total. The Morgan fingerprint density at radius 3 is 2.27 bits per heavy atom. The standard InChI is InChI=1S/C11H19NO3/c1-7-5-12(6-8(2)15-7)10-4-3-9(10)11(13)14/h7-10H,3-6H2,1-2H3,(H,13,14). The van der Waals surface area contributed by atoms with Gasteiger partial charge in [-0.05, 0) is 26.7 Å². The predicted octanol–water partition coefficient (Wildman–Crippen LogP) is 0.959. The van der Waals surface area contributed by atoms with Gasteiger partial charge in [-0.3, -0.25) is 9.69 Å². The van der Waals surface area contributed by atoms with Crippen LogP contribution in [0.2, 0.25) is 0 Å². The van der Waals surface area contributed by atoms with Gasteiger partial charge in [-0.25, -0.2) is 0 Å². The molecule has 86 valence electrons. The van der Waals surface area contributed by atoms with Crippen LogP contribution < -0.4 is 0 Å². The third kappa shape index (κ3) is 2.16. The van der Waals surface area contributed by atoms with Gasteiger partial charge in [0.1, 0.15) is 0 Å². The van der Waals surface area contributed by atoms with Gasteiger partial charge in [0.15, 0.2) is 0 Å². The van der Waals surface area contributed by atoms with Gasteiger partial charge in [0, 0.05) is 19.1 Å². The molecule has 4 heteroatoms. The molecule has 0 aromatic rings. The second-order valence-electron chi connectivity index (χ2n) is 4.80. The van der Waals surface area contributed by atoms with E-state index in [1.54, 1.807) is 0 Å². The van der Waals surface area contributed by atoms with E-state index in [9.17, 15) is 4.79 Å². The minimum absolute atomic E-state index is 0.150. The molecule has 1 saturated carbocycles. The van der Waals surface area contributed by atoms with Crippen molar-refractivity contribution in [1.29, 1.82) is 0 Å². The second kappa shape index (κ2) is 4.10. The maximum absolute atomic E-state index is 10.9. The molecule has 2 rings (SSSR count). The van der Waals surface area contributed by atoms with Gasteiger partial charge in [0.25, 0.3) is 0 Å². The van der Waals surface area contributed by atoms with Crippen LogP contribution in [0, 0.1) is 5.92 Å². The van der Waals surface area contributed by atoms with E-state index in [0.717, 1.165) is 25.9 Å². The zero-order valence-electron chi connectivity index (χ0n) is 9.35. The van der Waals surface area contributed by atoms with Gasteiger partial charge in [-0.2, -0.15) is 0 Å². The highest BCUT2D eigenvalue weighted by atomic mass is 16.5. The SMILES string of the molecule is CC1CN(C2CCC2C(=O)O)CC(C)O1. The van der Waals surface area contributed by atoms with Crippen LogP contribution in [0.4, 0.5) is 0 Å². The molecule has 0 spiro atoms. The Kier molecular flexibility index (Phi) is 2.98. The Morgan fingerprint density at radius 1 is 1.27 bits per heavy atom. The minimum Gasteiger partial charge on any atom is -0.481 e. The maximum atomic E-state index is 10.9. The summed E-state index contributed by atoms with van der Waals surface area (Å²) in [5, 5.41) is 9.01. The lowest BCUT2D eigenvalue weighted by Crippen LogP contribution is -2.57. The third-order valence-corrected chi connectivity index (χ3v) is 3.47. The molecule has 4 nitrogen and oxygen atoms in total. The molecule has 0 bridgehead atoms. The summed E-state index contributed by atoms with van der Waals surface area (Å²) in [6.07, 6.45) is 2.31. The number of aliphatic carboxylic acids is 1. The van der Waals surface area contributed by atoms with Gasteiger partial charge in [-0.15, -0.1) is 0 Å². The lowest BCUT2D eigenvalue weighted by molar-refractivity contribution is -0.154. The summed E-state index contributed by atoms with van der Waals surface area (Å²) in [6, 6.07) is 0.247. The molecule has 2 aliphatic rings. The molecular formula is C11H19NO3. The summed E-state index contributed by atoms with van der Waals surface area (Å²) in [4.78, 5) is 13.2. The quantitative estimate of drug-likeness (QED) is 0.742. The van der Waals surface area contributed by atoms with Crippen molar-refractivity contribution in [2.75, 3.05) is 13.1 Å². The van der Waals surface area contributed by atoms with Crippen LogP contribution in [0.5, 0.6) is 0 Å². The van der Waals surface area contributed by atoms with E-state index < -0.39 is 5.97 Å². The fourth-order valence-electron chi connectivity index (χ4n) is 2.70. The normalized spacial score (nSPS) is 42.3. The largest absolute Gasteiger partial charge is 0.481 e. The Labute approximate surface area is 90.2 Å². The summed E-state index contributed by atoms with van der Waals surface area (Å²) < 4.78 is 5.64. The molecule has 4 unspecified atom stereocenters. The predicted molar refractivity (Wildman–Crippen MR) is 55.7 cm³/mol. The lowest BCUT2D eigenvalue weighted by Gasteiger charge is -2.46. The van der Waals surface area contributed by atoms with Gasteiger partial charge >= 0.3 is 5.97 Å². The Morgan fingerprint density at radius 2 is 1.87 bits per heavy atom. The number of hydrogen-bond acceptors (Lipinski definition) is 3. The highest BCUT2D eigenvalue weighted by Crippen LogP contribution is 2.33. The highest BCUT2D eigenvalue weighted by molar-refractivity contribution is 5.72. The number of ether oxygens (including phenoxy) is 1. The second-order valence-corrected chi connectivity index (χ2v) is 4.80. The van der Waals surface area contributed by atoms with E-state index in [1.165, 1.54) is 0 Å². The first-order valence-electron chi connectivity index (χ1n) is 5.70. The fraction of sp³-hybridized carbons (Fsp3) is 0.909. The first-order valence-corrected chi connectivity index (χ1v) is 5.70. The van der Waals surface area contributed by atoms with Crippen molar-refractivity contribution in [3.8, 4) is 0 Å². The molecule has 1 heterocycles. The van der Waals surface area contributed by atoms with E-state index in [4.69, 9.17) is 9.84 Å². The average Bonchev–Trinajstić information content (AvgIpc) is 1.97. The molecule has 2 fully saturated rings. The minimum atomic E-state index is -0.641. The highest BCUT2D eigenvalue weighted by Gasteiger charge is 2.42. The van der Waals surface area contributed by atoms with E-state index in [1.807, 2.05) is 0 Å². The van der Waals surface area contributed by atoms with Crippen molar-refractivity contribution in [2.45, 2.75) is 44.9 Å². The Hall–Kier alpha value is -0.610. The van der Waals surface area contributed by atoms with Crippen LogP contribution in [0.3, 0.4) is 0 Å². The van der Waals surface area contributed by atoms with Crippen LogP contribution in [0.1, 0.15) is 26.7 Å². The van der Waals surface area contributed by atoms with Crippen LogP contribution in [0.25, 0.3) is 0 Å². The topological polar surface area (TPSA) is 49.8 Å². The van der Waals surface area contributed by atoms with Crippen molar-refractivity contribution >= 4 is 5.97 Å². The smallest absolute Gasteiger partial charge is 0.308 e. The molecule has 4 atom stereocenters. The van der Waals surface area contributed by atoms with Crippen molar-refractivity contribution in [3.63, 3.8) is 0 Å². The summed E-state index contributed by atoms with van der Waals surface area (Å²) in [6.45, 7) is 5.85. The van der Waals surface area contributed by atoms with Gasteiger partial charge in [-0.1, -0.05) is 0 Å². The van der Waals surface area contributed by atoms with Gasteiger partial charge in [0.05, 0.1) is 18.1 Å². The molecule has 1 aliphatic carbocycles. The Balaban J connectivity index is 1.95. The van der Waals surface area contributed by atoms with Gasteiger partial charge in [0.2, 0.25) is 0 Å². The number of carboxylic acids is 1. The molecule has 1 saturated heterocycles. The monoisotopic (exact) mass is 213 g/mol. The van der Waals surface area contributed by atoms with E-state index in [0.29, 0.717) is 0 Å².